The van der Waals surface area contributed by atoms with E-state index in [1.165, 1.54) is 12.0 Å². The van der Waals surface area contributed by atoms with E-state index in [2.05, 4.69) is 27.4 Å². The number of nitrogens with zero attached hydrogens (tertiary/aromatic N) is 4. The Hall–Kier alpha value is -3.26. The maximum absolute atomic E-state index is 13.1. The topological polar surface area (TPSA) is 83.3 Å². The number of alkyl halides is 1. The van der Waals surface area contributed by atoms with Crippen LogP contribution in [-0.2, 0) is 24.3 Å². The third-order valence-electron chi connectivity index (χ3n) is 7.69. The molecule has 3 aromatic rings. The van der Waals surface area contributed by atoms with Crippen LogP contribution < -0.4 is 5.32 Å². The second-order valence-corrected chi connectivity index (χ2v) is 10.5. The van der Waals surface area contributed by atoms with E-state index < -0.39 is 12.6 Å². The maximum Gasteiger partial charge on any atom is 0.304 e. The number of aliphatic carboxylic acids is 1. The van der Waals surface area contributed by atoms with Crippen molar-refractivity contribution in [3.05, 3.63) is 70.7 Å². The van der Waals surface area contributed by atoms with Crippen LogP contribution in [0, 0.1) is 12.8 Å². The van der Waals surface area contributed by atoms with Crippen molar-refractivity contribution < 1.29 is 14.3 Å². The van der Waals surface area contributed by atoms with Gasteiger partial charge in [-0.1, -0.05) is 18.2 Å². The molecule has 196 valence electrons. The lowest BCUT2D eigenvalue weighted by Gasteiger charge is -2.24. The molecule has 0 aliphatic carbocycles. The third kappa shape index (κ3) is 6.18. The Bertz CT molecular complexity index is 1240. The highest BCUT2D eigenvalue weighted by molar-refractivity contribution is 5.68. The van der Waals surface area contributed by atoms with E-state index in [-0.39, 0.29) is 12.3 Å². The number of hydrogen-bond donors (Lipinski definition) is 2. The summed E-state index contributed by atoms with van der Waals surface area (Å²) in [7, 11) is 0. The fourth-order valence-electron chi connectivity index (χ4n) is 5.76. The minimum Gasteiger partial charge on any atom is -0.481 e. The van der Waals surface area contributed by atoms with Gasteiger partial charge >= 0.3 is 5.97 Å². The van der Waals surface area contributed by atoms with E-state index in [4.69, 9.17) is 4.98 Å². The summed E-state index contributed by atoms with van der Waals surface area (Å²) in [5.41, 5.74) is 5.53. The minimum absolute atomic E-state index is 0.0739. The summed E-state index contributed by atoms with van der Waals surface area (Å²) in [6.45, 7) is 4.97. The fourth-order valence-corrected chi connectivity index (χ4v) is 5.76. The van der Waals surface area contributed by atoms with Crippen LogP contribution in [0.5, 0.6) is 0 Å². The van der Waals surface area contributed by atoms with Gasteiger partial charge in [-0.3, -0.25) is 4.79 Å². The molecule has 1 fully saturated rings. The van der Waals surface area contributed by atoms with Gasteiger partial charge in [0, 0.05) is 36.9 Å². The summed E-state index contributed by atoms with van der Waals surface area (Å²) in [4.78, 5) is 19.0. The van der Waals surface area contributed by atoms with E-state index in [0.29, 0.717) is 18.2 Å². The van der Waals surface area contributed by atoms with E-state index in [0.717, 1.165) is 73.8 Å². The zero-order chi connectivity index (χ0) is 25.8. The highest BCUT2D eigenvalue weighted by atomic mass is 19.1. The Morgan fingerprint density at radius 2 is 2.14 bits per heavy atom. The van der Waals surface area contributed by atoms with Crippen LogP contribution in [0.3, 0.4) is 0 Å². The number of fused-ring (bicyclic) bond motifs is 1. The molecule has 2 atom stereocenters. The molecule has 0 saturated carbocycles. The Morgan fingerprint density at radius 3 is 2.95 bits per heavy atom. The average Bonchev–Trinajstić information content (AvgIpc) is 3.52. The van der Waals surface area contributed by atoms with Gasteiger partial charge in [-0.25, -0.2) is 14.1 Å². The number of carboxylic acid groups (broad SMARTS) is 1. The lowest BCUT2D eigenvalue weighted by molar-refractivity contribution is -0.137. The molecule has 1 aromatic carbocycles. The Labute approximate surface area is 217 Å². The number of hydrogen-bond acceptors (Lipinski definition) is 5. The molecule has 2 aromatic heterocycles. The SMILES string of the molecule is Cc1cc(CF)nn1-c1cccc(C(CC(=O)O)CN2CC[C@@H](CCc3ccc4c(n3)NCCC4)C2)c1. The van der Waals surface area contributed by atoms with Crippen molar-refractivity contribution >= 4 is 11.8 Å². The van der Waals surface area contributed by atoms with Crippen LogP contribution in [0.15, 0.2) is 42.5 Å². The molecule has 0 radical (unpaired) electrons. The highest BCUT2D eigenvalue weighted by Gasteiger charge is 2.27. The van der Waals surface area contributed by atoms with Gasteiger partial charge in [0.2, 0.25) is 0 Å². The molecule has 2 aliphatic rings. The number of carbonyl (C=O) groups is 1. The normalized spacial score (nSPS) is 18.4. The zero-order valence-electron chi connectivity index (χ0n) is 21.5. The number of nitrogens with one attached hydrogen (secondary N) is 1. The average molecular weight is 506 g/mol. The first-order valence-corrected chi connectivity index (χ1v) is 13.4. The number of benzene rings is 1. The van der Waals surface area contributed by atoms with Crippen molar-refractivity contribution in [2.45, 2.75) is 58.0 Å². The summed E-state index contributed by atoms with van der Waals surface area (Å²) in [6.07, 6.45) is 5.54. The van der Waals surface area contributed by atoms with Crippen LogP contribution in [0.2, 0.25) is 0 Å². The minimum atomic E-state index is -0.798. The first kappa shape index (κ1) is 25.4. The first-order valence-electron chi connectivity index (χ1n) is 13.4. The second-order valence-electron chi connectivity index (χ2n) is 10.5. The Balaban J connectivity index is 1.22. The molecule has 7 nitrogen and oxygen atoms in total. The number of pyridine rings is 1. The van der Waals surface area contributed by atoms with Crippen LogP contribution >= 0.6 is 0 Å². The molecule has 2 aliphatic heterocycles. The molecule has 8 heteroatoms. The van der Waals surface area contributed by atoms with Crippen LogP contribution in [0.4, 0.5) is 10.2 Å². The Kier molecular flexibility index (Phi) is 7.84. The van der Waals surface area contributed by atoms with Crippen molar-refractivity contribution in [2.24, 2.45) is 5.92 Å². The number of aryl methyl sites for hydroxylation is 3. The molecular weight excluding hydrogens is 469 g/mol. The number of aromatic nitrogens is 3. The molecule has 1 unspecified atom stereocenters. The molecule has 0 bridgehead atoms. The summed E-state index contributed by atoms with van der Waals surface area (Å²) in [5.74, 6) is 0.726. The summed E-state index contributed by atoms with van der Waals surface area (Å²) < 4.78 is 14.8. The second kappa shape index (κ2) is 11.4. The predicted octanol–water partition coefficient (Wildman–Crippen LogP) is 4.92. The van der Waals surface area contributed by atoms with Crippen molar-refractivity contribution in [2.75, 3.05) is 31.5 Å². The molecule has 2 N–H and O–H groups in total. The number of halogens is 1. The van der Waals surface area contributed by atoms with E-state index in [9.17, 15) is 14.3 Å². The van der Waals surface area contributed by atoms with Gasteiger partial charge in [-0.2, -0.15) is 5.10 Å². The highest BCUT2D eigenvalue weighted by Crippen LogP contribution is 2.29. The maximum atomic E-state index is 13.1. The quantitative estimate of drug-likeness (QED) is 0.407. The summed E-state index contributed by atoms with van der Waals surface area (Å²) >= 11 is 0. The van der Waals surface area contributed by atoms with Crippen molar-refractivity contribution in [1.82, 2.24) is 19.7 Å². The Morgan fingerprint density at radius 1 is 1.24 bits per heavy atom. The van der Waals surface area contributed by atoms with Gasteiger partial charge in [-0.15, -0.1) is 0 Å². The van der Waals surface area contributed by atoms with Gasteiger partial charge in [-0.05, 0) is 86.9 Å². The third-order valence-corrected chi connectivity index (χ3v) is 7.69. The lowest BCUT2D eigenvalue weighted by Crippen LogP contribution is -2.28. The standard InChI is InChI=1S/C29H36FN5O2/c1-20-14-26(17-30)33-35(20)27-6-2-4-23(15-27)24(16-28(36)37)19-34-13-11-21(18-34)7-9-25-10-8-22-5-3-12-31-29(22)32-25/h2,4,6,8,10,14-15,21,24H,3,5,7,9,11-13,16-19H2,1H3,(H,31,32)(H,36,37)/t21-,24?/m1/s1. The number of likely N-dealkylation sites (tertiary alicyclic amines) is 1. The number of rotatable bonds is 10. The van der Waals surface area contributed by atoms with E-state index in [1.807, 2.05) is 31.2 Å². The molecule has 4 heterocycles. The molecule has 37 heavy (non-hydrogen) atoms. The van der Waals surface area contributed by atoms with Gasteiger partial charge in [0.05, 0.1) is 17.8 Å². The lowest BCUT2D eigenvalue weighted by atomic mass is 9.94. The molecule has 5 rings (SSSR count). The summed E-state index contributed by atoms with van der Waals surface area (Å²) in [5, 5.41) is 17.4. The monoisotopic (exact) mass is 505 g/mol. The first-order chi connectivity index (χ1) is 18.0. The summed E-state index contributed by atoms with van der Waals surface area (Å²) in [6, 6.07) is 14.0. The largest absolute Gasteiger partial charge is 0.481 e. The zero-order valence-corrected chi connectivity index (χ0v) is 21.5. The number of anilines is 1. The van der Waals surface area contributed by atoms with Crippen LogP contribution in [0.1, 0.15) is 59.8 Å². The molecule has 1 saturated heterocycles. The predicted molar refractivity (Wildman–Crippen MR) is 142 cm³/mol. The van der Waals surface area contributed by atoms with Crippen molar-refractivity contribution in [3.8, 4) is 5.69 Å². The van der Waals surface area contributed by atoms with Gasteiger partial charge in [0.25, 0.3) is 0 Å². The van der Waals surface area contributed by atoms with Crippen molar-refractivity contribution in [3.63, 3.8) is 0 Å². The van der Waals surface area contributed by atoms with E-state index >= 15 is 0 Å². The van der Waals surface area contributed by atoms with Gasteiger partial charge < -0.3 is 15.3 Å². The van der Waals surface area contributed by atoms with Crippen LogP contribution in [0.25, 0.3) is 5.69 Å². The van der Waals surface area contributed by atoms with E-state index in [1.54, 1.807) is 10.7 Å². The smallest absolute Gasteiger partial charge is 0.304 e. The van der Waals surface area contributed by atoms with Crippen molar-refractivity contribution in [1.29, 1.82) is 0 Å². The molecular formula is C29H36FN5O2. The molecule has 0 amide bonds. The molecule has 0 spiro atoms. The van der Waals surface area contributed by atoms with Crippen LogP contribution in [-0.4, -0.2) is 56.9 Å². The van der Waals surface area contributed by atoms with Gasteiger partial charge in [0.1, 0.15) is 12.5 Å². The number of carboxylic acids is 1. The fraction of sp³-hybridized carbons (Fsp3) is 0.483. The van der Waals surface area contributed by atoms with Gasteiger partial charge in [0.15, 0.2) is 0 Å².